The van der Waals surface area contributed by atoms with Crippen molar-refractivity contribution in [2.24, 2.45) is 5.73 Å². The normalized spacial score (nSPS) is 10.4. The summed E-state index contributed by atoms with van der Waals surface area (Å²) < 4.78 is 5.12. The minimum atomic E-state index is -0.412. The van der Waals surface area contributed by atoms with Crippen LogP contribution >= 0.6 is 24.8 Å². The van der Waals surface area contributed by atoms with Gasteiger partial charge in [-0.2, -0.15) is 4.98 Å². The van der Waals surface area contributed by atoms with Crippen LogP contribution in [0.25, 0.3) is 11.5 Å². The molecule has 0 aliphatic heterocycles. The largest absolute Gasteiger partial charge is 0.350 e. The molecule has 0 spiro atoms. The fraction of sp³-hybridized carbons (Fsp3) is 0.429. The smallest absolute Gasteiger partial charge is 0.227 e. The van der Waals surface area contributed by atoms with Crippen molar-refractivity contribution in [1.82, 2.24) is 20.4 Å². The molecule has 2 aromatic rings. The fourth-order valence-electron chi connectivity index (χ4n) is 1.67. The van der Waals surface area contributed by atoms with Gasteiger partial charge in [0.15, 0.2) is 0 Å². The van der Waals surface area contributed by atoms with Crippen LogP contribution in [0.2, 0.25) is 0 Å². The van der Waals surface area contributed by atoms with Crippen molar-refractivity contribution >= 4 is 30.7 Å². The maximum Gasteiger partial charge on any atom is 0.227 e. The Labute approximate surface area is 147 Å². The van der Waals surface area contributed by atoms with Gasteiger partial charge in [0.2, 0.25) is 17.6 Å². The van der Waals surface area contributed by atoms with E-state index in [2.05, 4.69) is 20.4 Å². The Morgan fingerprint density at radius 2 is 2.09 bits per heavy atom. The molecule has 7 nitrogen and oxygen atoms in total. The van der Waals surface area contributed by atoms with Crippen LogP contribution in [-0.4, -0.2) is 33.1 Å². The van der Waals surface area contributed by atoms with E-state index >= 15 is 0 Å². The second kappa shape index (κ2) is 9.44. The Kier molecular flexibility index (Phi) is 8.74. The van der Waals surface area contributed by atoms with Gasteiger partial charge in [-0.15, -0.1) is 24.8 Å². The van der Waals surface area contributed by atoms with Crippen LogP contribution in [0.1, 0.15) is 26.2 Å². The number of nitrogens with two attached hydrogens (primary N) is 1. The van der Waals surface area contributed by atoms with Crippen LogP contribution in [-0.2, 0) is 11.2 Å². The molecule has 0 saturated heterocycles. The molecule has 128 valence electrons. The molecule has 3 N–H and O–H groups in total. The monoisotopic (exact) mass is 361 g/mol. The first-order valence-electron chi connectivity index (χ1n) is 6.75. The summed E-state index contributed by atoms with van der Waals surface area (Å²) in [5.41, 5.74) is 5.80. The van der Waals surface area contributed by atoms with Crippen LogP contribution in [0.5, 0.6) is 0 Å². The number of nitrogens with zero attached hydrogens (tertiary/aromatic N) is 3. The van der Waals surface area contributed by atoms with E-state index in [-0.39, 0.29) is 37.1 Å². The fourth-order valence-corrected chi connectivity index (χ4v) is 1.67. The molecule has 0 aliphatic carbocycles. The molecule has 0 unspecified atom stereocenters. The number of nitrogens with one attached hydrogen (secondary N) is 1. The van der Waals surface area contributed by atoms with Crippen LogP contribution < -0.4 is 11.1 Å². The van der Waals surface area contributed by atoms with Crippen molar-refractivity contribution in [2.45, 2.75) is 32.2 Å². The van der Waals surface area contributed by atoms with E-state index in [4.69, 9.17) is 10.3 Å². The molecular formula is C14H21Cl2N5O2. The molecule has 0 fully saturated rings. The zero-order chi connectivity index (χ0) is 15.3. The van der Waals surface area contributed by atoms with Gasteiger partial charge in [-0.25, -0.2) is 0 Å². The van der Waals surface area contributed by atoms with Crippen molar-refractivity contribution < 1.29 is 9.32 Å². The molecule has 0 bridgehead atoms. The quantitative estimate of drug-likeness (QED) is 0.811. The second-order valence-corrected chi connectivity index (χ2v) is 5.36. The van der Waals surface area contributed by atoms with Crippen LogP contribution in [0, 0.1) is 0 Å². The number of aryl methyl sites for hydroxylation is 1. The lowest BCUT2D eigenvalue weighted by atomic mass is 10.1. The lowest BCUT2D eigenvalue weighted by Gasteiger charge is -2.23. The van der Waals surface area contributed by atoms with E-state index in [0.29, 0.717) is 30.4 Å². The van der Waals surface area contributed by atoms with E-state index < -0.39 is 5.54 Å². The zero-order valence-electron chi connectivity index (χ0n) is 13.0. The van der Waals surface area contributed by atoms with Crippen LogP contribution in [0.4, 0.5) is 0 Å². The predicted molar refractivity (Wildman–Crippen MR) is 91.6 cm³/mol. The topological polar surface area (TPSA) is 107 Å². The number of hydrogen-bond acceptors (Lipinski definition) is 6. The van der Waals surface area contributed by atoms with E-state index in [9.17, 15) is 4.79 Å². The van der Waals surface area contributed by atoms with Crippen molar-refractivity contribution in [1.29, 1.82) is 0 Å². The first kappa shape index (κ1) is 21.3. The molecule has 2 rings (SSSR count). The Bertz CT molecular complexity index is 604. The predicted octanol–water partition coefficient (Wildman–Crippen LogP) is 1.76. The summed E-state index contributed by atoms with van der Waals surface area (Å²) in [5, 5.41) is 6.70. The average Bonchev–Trinajstić information content (AvgIpc) is 2.95. The number of amides is 1. The Balaban J connectivity index is 0.00000242. The van der Waals surface area contributed by atoms with Gasteiger partial charge in [-0.1, -0.05) is 11.2 Å². The van der Waals surface area contributed by atoms with Gasteiger partial charge < -0.3 is 15.6 Å². The third-order valence-corrected chi connectivity index (χ3v) is 2.92. The molecule has 0 aromatic carbocycles. The van der Waals surface area contributed by atoms with Crippen molar-refractivity contribution in [3.8, 4) is 11.5 Å². The molecule has 1 amide bonds. The summed E-state index contributed by atoms with van der Waals surface area (Å²) in [4.78, 5) is 20.2. The number of carbonyl (C=O) groups excluding carboxylic acids is 1. The van der Waals surface area contributed by atoms with E-state index in [1.807, 2.05) is 26.0 Å². The number of rotatable bonds is 6. The minimum absolute atomic E-state index is 0. The van der Waals surface area contributed by atoms with Gasteiger partial charge in [0.05, 0.1) is 0 Å². The standard InChI is InChI=1S/C14H19N5O2.2ClH/c1-14(2,9-15)18-11(20)6-7-12-17-13(19-21-12)10-5-3-4-8-16-10;;/h3-5,8H,6-7,9,15H2,1-2H3,(H,18,20);2*1H. The third kappa shape index (κ3) is 6.52. The van der Waals surface area contributed by atoms with Gasteiger partial charge in [0.25, 0.3) is 0 Å². The maximum atomic E-state index is 11.8. The van der Waals surface area contributed by atoms with Gasteiger partial charge >= 0.3 is 0 Å². The number of carbonyl (C=O) groups is 1. The van der Waals surface area contributed by atoms with Crippen LogP contribution in [0.15, 0.2) is 28.9 Å². The lowest BCUT2D eigenvalue weighted by molar-refractivity contribution is -0.122. The average molecular weight is 362 g/mol. The molecule has 23 heavy (non-hydrogen) atoms. The molecule has 0 saturated carbocycles. The van der Waals surface area contributed by atoms with Gasteiger partial charge in [-0.3, -0.25) is 9.78 Å². The molecule has 2 aromatic heterocycles. The molecule has 2 heterocycles. The summed E-state index contributed by atoms with van der Waals surface area (Å²) in [6.45, 7) is 4.12. The third-order valence-electron chi connectivity index (χ3n) is 2.92. The first-order chi connectivity index (χ1) is 10.00. The zero-order valence-corrected chi connectivity index (χ0v) is 14.6. The number of halogens is 2. The molecule has 9 heteroatoms. The Hall–Kier alpha value is -1.70. The second-order valence-electron chi connectivity index (χ2n) is 5.36. The van der Waals surface area contributed by atoms with E-state index in [1.54, 1.807) is 12.3 Å². The van der Waals surface area contributed by atoms with E-state index in [0.717, 1.165) is 0 Å². The minimum Gasteiger partial charge on any atom is -0.350 e. The highest BCUT2D eigenvalue weighted by molar-refractivity contribution is 5.85. The summed E-state index contributed by atoms with van der Waals surface area (Å²) in [5.74, 6) is 0.743. The first-order valence-corrected chi connectivity index (χ1v) is 6.75. The van der Waals surface area contributed by atoms with Crippen molar-refractivity contribution in [3.63, 3.8) is 0 Å². The lowest BCUT2D eigenvalue weighted by Crippen LogP contribution is -2.48. The Morgan fingerprint density at radius 1 is 1.35 bits per heavy atom. The summed E-state index contributed by atoms with van der Waals surface area (Å²) in [7, 11) is 0. The summed E-state index contributed by atoms with van der Waals surface area (Å²) >= 11 is 0. The van der Waals surface area contributed by atoms with Crippen LogP contribution in [0.3, 0.4) is 0 Å². The summed E-state index contributed by atoms with van der Waals surface area (Å²) in [6, 6.07) is 5.46. The highest BCUT2D eigenvalue weighted by Crippen LogP contribution is 2.12. The number of hydrogen-bond donors (Lipinski definition) is 2. The van der Waals surface area contributed by atoms with Gasteiger partial charge in [-0.05, 0) is 26.0 Å². The number of aromatic nitrogens is 3. The molecule has 0 aliphatic rings. The van der Waals surface area contributed by atoms with Gasteiger partial charge in [0.1, 0.15) is 5.69 Å². The molecule has 0 radical (unpaired) electrons. The molecular weight excluding hydrogens is 341 g/mol. The highest BCUT2D eigenvalue weighted by atomic mass is 35.5. The maximum absolute atomic E-state index is 11.8. The summed E-state index contributed by atoms with van der Waals surface area (Å²) in [6.07, 6.45) is 2.31. The SMILES string of the molecule is CC(C)(CN)NC(=O)CCc1nc(-c2ccccn2)no1.Cl.Cl. The van der Waals surface area contributed by atoms with Crippen molar-refractivity contribution in [3.05, 3.63) is 30.3 Å². The van der Waals surface area contributed by atoms with Crippen molar-refractivity contribution in [2.75, 3.05) is 6.54 Å². The van der Waals surface area contributed by atoms with Gasteiger partial charge in [0, 0.05) is 31.1 Å². The molecule has 0 atom stereocenters. The highest BCUT2D eigenvalue weighted by Gasteiger charge is 2.18. The van der Waals surface area contributed by atoms with E-state index in [1.165, 1.54) is 0 Å². The Morgan fingerprint density at radius 3 is 2.70 bits per heavy atom. The number of pyridine rings is 1.